The average molecular weight is 418 g/mol. The number of aromatic nitrogens is 2. The summed E-state index contributed by atoms with van der Waals surface area (Å²) < 4.78 is 0. The zero-order valence-corrected chi connectivity index (χ0v) is 17.2. The first kappa shape index (κ1) is 21.0. The summed E-state index contributed by atoms with van der Waals surface area (Å²) in [5.74, 6) is -0.287. The minimum Gasteiger partial charge on any atom is -0.326 e. The fourth-order valence-corrected chi connectivity index (χ4v) is 3.46. The summed E-state index contributed by atoms with van der Waals surface area (Å²) in [5.41, 5.74) is 2.47. The zero-order chi connectivity index (χ0) is 21.7. The van der Waals surface area contributed by atoms with E-state index in [0.717, 1.165) is 17.3 Å². The lowest BCUT2D eigenvalue weighted by Gasteiger charge is -2.07. The van der Waals surface area contributed by atoms with Gasteiger partial charge < -0.3 is 10.3 Å². The summed E-state index contributed by atoms with van der Waals surface area (Å²) in [6.45, 7) is 3.35. The number of nitrogens with zero attached hydrogens (tertiary/aromatic N) is 2. The van der Waals surface area contributed by atoms with E-state index in [4.69, 9.17) is 0 Å². The second kappa shape index (κ2) is 9.20. The maximum atomic E-state index is 12.5. The Balaban J connectivity index is 1.79. The number of thioether (sulfide) groups is 1. The van der Waals surface area contributed by atoms with E-state index in [9.17, 15) is 19.6 Å². The molecule has 0 aliphatic rings. The summed E-state index contributed by atoms with van der Waals surface area (Å²) in [6, 6.07) is 15.8. The van der Waals surface area contributed by atoms with Crippen molar-refractivity contribution in [3.63, 3.8) is 0 Å². The van der Waals surface area contributed by atoms with Gasteiger partial charge in [0, 0.05) is 23.7 Å². The second-order valence-electron chi connectivity index (χ2n) is 6.54. The lowest BCUT2D eigenvalue weighted by atomic mass is 10.1. The average Bonchev–Trinajstić information content (AvgIpc) is 2.72. The number of nitrogens with one attached hydrogen (secondary N) is 2. The molecule has 2 N–H and O–H groups in total. The van der Waals surface area contributed by atoms with Crippen LogP contribution in [-0.4, -0.2) is 27.4 Å². The second-order valence-corrected chi connectivity index (χ2v) is 7.51. The van der Waals surface area contributed by atoms with Gasteiger partial charge in [0.15, 0.2) is 10.9 Å². The van der Waals surface area contributed by atoms with Crippen molar-refractivity contribution in [2.75, 3.05) is 11.1 Å². The Hall–Kier alpha value is -3.70. The van der Waals surface area contributed by atoms with Crippen molar-refractivity contribution in [1.82, 2.24) is 9.97 Å². The molecule has 3 aromatic rings. The van der Waals surface area contributed by atoms with Crippen LogP contribution in [-0.2, 0) is 4.79 Å². The molecule has 30 heavy (non-hydrogen) atoms. The van der Waals surface area contributed by atoms with Crippen molar-refractivity contribution in [3.8, 4) is 17.3 Å². The van der Waals surface area contributed by atoms with E-state index >= 15 is 0 Å². The highest BCUT2D eigenvalue weighted by Gasteiger charge is 2.15. The lowest BCUT2D eigenvalue weighted by Crippen LogP contribution is -2.15. The minimum atomic E-state index is -0.544. The van der Waals surface area contributed by atoms with Gasteiger partial charge in [-0.3, -0.25) is 14.4 Å². The van der Waals surface area contributed by atoms with Crippen LogP contribution in [0.15, 0.2) is 58.5 Å². The zero-order valence-electron chi connectivity index (χ0n) is 16.4. The van der Waals surface area contributed by atoms with E-state index in [1.807, 2.05) is 25.1 Å². The summed E-state index contributed by atoms with van der Waals surface area (Å²) in [7, 11) is 0. The maximum absolute atomic E-state index is 12.5. The molecule has 0 radical (unpaired) electrons. The molecular formula is C22H18N4O3S. The SMILES string of the molecule is CC(=O)Nc1ccc(C(=O)CSc2nc(-c3ccc(C)cc3)c(C#N)c(=O)[nH]2)cc1. The molecule has 0 unspecified atom stereocenters. The first-order valence-electron chi connectivity index (χ1n) is 9.02. The molecular weight excluding hydrogens is 400 g/mol. The van der Waals surface area contributed by atoms with Crippen molar-refractivity contribution in [2.24, 2.45) is 0 Å². The predicted octanol–water partition coefficient (Wildman–Crippen LogP) is 3.55. The highest BCUT2D eigenvalue weighted by atomic mass is 32.2. The number of Topliss-reactive ketones (excluding diaryl/α,β-unsaturated/α-hetero) is 1. The van der Waals surface area contributed by atoms with Crippen LogP contribution in [0.4, 0.5) is 5.69 Å². The largest absolute Gasteiger partial charge is 0.326 e. The molecule has 150 valence electrons. The van der Waals surface area contributed by atoms with Gasteiger partial charge in [-0.05, 0) is 31.2 Å². The number of hydrogen-bond donors (Lipinski definition) is 2. The molecule has 0 aliphatic heterocycles. The normalized spacial score (nSPS) is 10.3. The topological polar surface area (TPSA) is 116 Å². The van der Waals surface area contributed by atoms with Crippen LogP contribution in [0.1, 0.15) is 28.4 Å². The monoisotopic (exact) mass is 418 g/mol. The molecule has 1 aromatic heterocycles. The first-order chi connectivity index (χ1) is 14.4. The number of rotatable bonds is 6. The lowest BCUT2D eigenvalue weighted by molar-refractivity contribution is -0.114. The quantitative estimate of drug-likeness (QED) is 0.359. The van der Waals surface area contributed by atoms with Gasteiger partial charge in [0.25, 0.3) is 5.56 Å². The van der Waals surface area contributed by atoms with Gasteiger partial charge in [0.05, 0.1) is 11.4 Å². The van der Waals surface area contributed by atoms with Crippen LogP contribution in [0.25, 0.3) is 11.3 Å². The molecule has 8 heteroatoms. The third-order valence-electron chi connectivity index (χ3n) is 4.20. The van der Waals surface area contributed by atoms with Crippen LogP contribution < -0.4 is 10.9 Å². The van der Waals surface area contributed by atoms with Gasteiger partial charge in [-0.25, -0.2) is 4.98 Å². The van der Waals surface area contributed by atoms with E-state index < -0.39 is 5.56 Å². The third kappa shape index (κ3) is 5.01. The molecule has 2 aromatic carbocycles. The summed E-state index contributed by atoms with van der Waals surface area (Å²) in [6.07, 6.45) is 0. The van der Waals surface area contributed by atoms with Gasteiger partial charge in [-0.2, -0.15) is 5.26 Å². The number of anilines is 1. The summed E-state index contributed by atoms with van der Waals surface area (Å²) in [5, 5.41) is 12.3. The van der Waals surface area contributed by atoms with Crippen LogP contribution in [0.3, 0.4) is 0 Å². The molecule has 3 rings (SSSR count). The van der Waals surface area contributed by atoms with Gasteiger partial charge in [0.2, 0.25) is 5.91 Å². The maximum Gasteiger partial charge on any atom is 0.270 e. The number of nitriles is 1. The van der Waals surface area contributed by atoms with Gasteiger partial charge in [-0.1, -0.05) is 41.6 Å². The molecule has 0 atom stereocenters. The number of amides is 1. The van der Waals surface area contributed by atoms with Crippen LogP contribution in [0, 0.1) is 18.3 Å². The third-order valence-corrected chi connectivity index (χ3v) is 5.08. The molecule has 1 heterocycles. The van der Waals surface area contributed by atoms with Crippen molar-refractivity contribution in [2.45, 2.75) is 19.0 Å². The molecule has 1 amide bonds. The van der Waals surface area contributed by atoms with Crippen LogP contribution in [0.5, 0.6) is 0 Å². The number of aryl methyl sites for hydroxylation is 1. The van der Waals surface area contributed by atoms with Gasteiger partial charge in [0.1, 0.15) is 11.6 Å². The molecule has 0 bridgehead atoms. The Morgan fingerprint density at radius 2 is 1.80 bits per heavy atom. The fourth-order valence-electron chi connectivity index (χ4n) is 2.70. The van der Waals surface area contributed by atoms with Crippen LogP contribution >= 0.6 is 11.8 Å². The molecule has 0 fully saturated rings. The van der Waals surface area contributed by atoms with E-state index in [1.165, 1.54) is 6.92 Å². The number of carbonyl (C=O) groups is 2. The number of ketones is 1. The van der Waals surface area contributed by atoms with Crippen LogP contribution in [0.2, 0.25) is 0 Å². The van der Waals surface area contributed by atoms with E-state index in [0.29, 0.717) is 16.8 Å². The predicted molar refractivity (Wildman–Crippen MR) is 116 cm³/mol. The highest BCUT2D eigenvalue weighted by Crippen LogP contribution is 2.23. The number of hydrogen-bond acceptors (Lipinski definition) is 6. The van der Waals surface area contributed by atoms with E-state index in [1.54, 1.807) is 36.4 Å². The Kier molecular flexibility index (Phi) is 6.45. The summed E-state index contributed by atoms with van der Waals surface area (Å²) in [4.78, 5) is 42.8. The fraction of sp³-hybridized carbons (Fsp3) is 0.136. The molecule has 0 aliphatic carbocycles. The van der Waals surface area contributed by atoms with Gasteiger partial charge in [-0.15, -0.1) is 0 Å². The van der Waals surface area contributed by atoms with Crippen molar-refractivity contribution < 1.29 is 9.59 Å². The van der Waals surface area contributed by atoms with Crippen molar-refractivity contribution in [1.29, 1.82) is 5.26 Å². The van der Waals surface area contributed by atoms with Crippen molar-refractivity contribution >= 4 is 29.1 Å². The molecule has 7 nitrogen and oxygen atoms in total. The minimum absolute atomic E-state index is 0.0572. The Morgan fingerprint density at radius 1 is 1.13 bits per heavy atom. The molecule has 0 saturated carbocycles. The van der Waals surface area contributed by atoms with E-state index in [2.05, 4.69) is 15.3 Å². The molecule has 0 spiro atoms. The standard InChI is InChI=1S/C22H18N4O3S/c1-13-3-5-16(6-4-13)20-18(11-23)21(29)26-22(25-20)30-12-19(28)15-7-9-17(10-8-15)24-14(2)27/h3-10H,12H2,1-2H3,(H,24,27)(H,25,26,29). The Bertz CT molecular complexity index is 1190. The highest BCUT2D eigenvalue weighted by molar-refractivity contribution is 7.99. The number of aromatic amines is 1. The van der Waals surface area contributed by atoms with Crippen molar-refractivity contribution in [3.05, 3.63) is 75.6 Å². The first-order valence-corrected chi connectivity index (χ1v) is 10.0. The van der Waals surface area contributed by atoms with Gasteiger partial charge >= 0.3 is 0 Å². The Labute approximate surface area is 177 Å². The van der Waals surface area contributed by atoms with E-state index in [-0.39, 0.29) is 33.9 Å². The smallest absolute Gasteiger partial charge is 0.270 e. The number of carbonyl (C=O) groups excluding carboxylic acids is 2. The number of benzene rings is 2. The molecule has 0 saturated heterocycles. The number of H-pyrrole nitrogens is 1. The Morgan fingerprint density at radius 3 is 2.40 bits per heavy atom. The summed E-state index contributed by atoms with van der Waals surface area (Å²) >= 11 is 1.09.